The first-order valence-electron chi connectivity index (χ1n) is 6.87. The minimum absolute atomic E-state index is 0.645. The molecule has 3 fully saturated rings. The molecule has 0 amide bonds. The van der Waals surface area contributed by atoms with Crippen molar-refractivity contribution >= 4 is 0 Å². The molecule has 3 heterocycles. The highest BCUT2D eigenvalue weighted by Crippen LogP contribution is 2.36. The average Bonchev–Trinajstić information content (AvgIpc) is 3.01. The Kier molecular flexibility index (Phi) is 3.18. The van der Waals surface area contributed by atoms with E-state index in [2.05, 4.69) is 10.2 Å². The third kappa shape index (κ3) is 2.27. The maximum atomic E-state index is 5.44. The Morgan fingerprint density at radius 3 is 3.12 bits per heavy atom. The van der Waals surface area contributed by atoms with Crippen LogP contribution >= 0.6 is 0 Å². The smallest absolute Gasteiger partial charge is 0.0495 e. The van der Waals surface area contributed by atoms with Crippen LogP contribution in [0.5, 0.6) is 0 Å². The normalized spacial score (nSPS) is 40.1. The zero-order valence-electron chi connectivity index (χ0n) is 10.2. The topological polar surface area (TPSA) is 24.5 Å². The second-order valence-electron chi connectivity index (χ2n) is 5.97. The van der Waals surface area contributed by atoms with E-state index in [4.69, 9.17) is 4.74 Å². The van der Waals surface area contributed by atoms with Gasteiger partial charge in [-0.1, -0.05) is 0 Å². The Hall–Kier alpha value is -0.120. The summed E-state index contributed by atoms with van der Waals surface area (Å²) in [5, 5.41) is 3.53. The lowest BCUT2D eigenvalue weighted by Crippen LogP contribution is -2.30. The van der Waals surface area contributed by atoms with Gasteiger partial charge >= 0.3 is 0 Å². The Morgan fingerprint density at radius 2 is 2.38 bits per heavy atom. The molecule has 0 aromatic heterocycles. The quantitative estimate of drug-likeness (QED) is 0.777. The van der Waals surface area contributed by atoms with Crippen LogP contribution in [0.2, 0.25) is 0 Å². The second-order valence-corrected chi connectivity index (χ2v) is 5.97. The van der Waals surface area contributed by atoms with Crippen LogP contribution in [-0.4, -0.2) is 50.8 Å². The summed E-state index contributed by atoms with van der Waals surface area (Å²) < 4.78 is 5.44. The summed E-state index contributed by atoms with van der Waals surface area (Å²) in [4.78, 5) is 2.69. The van der Waals surface area contributed by atoms with Crippen LogP contribution in [0.15, 0.2) is 0 Å². The number of nitrogens with zero attached hydrogens (tertiary/aromatic N) is 1. The lowest BCUT2D eigenvalue weighted by atomic mass is 9.86. The lowest BCUT2D eigenvalue weighted by molar-refractivity contribution is 0.179. The molecule has 0 bridgehead atoms. The number of hydrogen-bond acceptors (Lipinski definition) is 3. The van der Waals surface area contributed by atoms with E-state index < -0.39 is 0 Å². The van der Waals surface area contributed by atoms with Crippen molar-refractivity contribution < 1.29 is 4.74 Å². The SMILES string of the molecule is C1CC2(CCN(CCC3CCOC3)C2)CN1. The van der Waals surface area contributed by atoms with Crippen molar-refractivity contribution in [1.82, 2.24) is 10.2 Å². The first-order valence-corrected chi connectivity index (χ1v) is 6.87. The van der Waals surface area contributed by atoms with Crippen LogP contribution < -0.4 is 5.32 Å². The Balaban J connectivity index is 1.43. The molecule has 92 valence electrons. The van der Waals surface area contributed by atoms with Crippen molar-refractivity contribution in [3.63, 3.8) is 0 Å². The minimum atomic E-state index is 0.645. The van der Waals surface area contributed by atoms with Gasteiger partial charge in [-0.25, -0.2) is 0 Å². The Morgan fingerprint density at radius 1 is 1.38 bits per heavy atom. The van der Waals surface area contributed by atoms with Gasteiger partial charge in [0, 0.05) is 26.3 Å². The van der Waals surface area contributed by atoms with Crippen LogP contribution in [0.3, 0.4) is 0 Å². The number of nitrogens with one attached hydrogen (secondary N) is 1. The highest BCUT2D eigenvalue weighted by Gasteiger charge is 2.40. The number of hydrogen-bond donors (Lipinski definition) is 1. The fourth-order valence-corrected chi connectivity index (χ4v) is 3.54. The molecule has 3 aliphatic heterocycles. The minimum Gasteiger partial charge on any atom is -0.381 e. The second kappa shape index (κ2) is 4.63. The summed E-state index contributed by atoms with van der Waals surface area (Å²) in [6.45, 7) is 8.48. The predicted molar refractivity (Wildman–Crippen MR) is 64.5 cm³/mol. The summed E-state index contributed by atoms with van der Waals surface area (Å²) in [5.41, 5.74) is 0.645. The van der Waals surface area contributed by atoms with Gasteiger partial charge in [0.05, 0.1) is 0 Å². The van der Waals surface area contributed by atoms with Crippen LogP contribution in [0, 0.1) is 11.3 Å². The van der Waals surface area contributed by atoms with E-state index >= 15 is 0 Å². The summed E-state index contributed by atoms with van der Waals surface area (Å²) in [6, 6.07) is 0. The van der Waals surface area contributed by atoms with E-state index in [0.717, 1.165) is 19.1 Å². The van der Waals surface area contributed by atoms with Crippen molar-refractivity contribution in [2.24, 2.45) is 11.3 Å². The van der Waals surface area contributed by atoms with Crippen LogP contribution in [0.25, 0.3) is 0 Å². The van der Waals surface area contributed by atoms with Gasteiger partial charge in [-0.05, 0) is 56.7 Å². The maximum absolute atomic E-state index is 5.44. The van der Waals surface area contributed by atoms with Gasteiger partial charge < -0.3 is 15.0 Å². The lowest BCUT2D eigenvalue weighted by Gasteiger charge is -2.23. The van der Waals surface area contributed by atoms with Gasteiger partial charge in [-0.2, -0.15) is 0 Å². The number of ether oxygens (including phenoxy) is 1. The molecule has 3 rings (SSSR count). The van der Waals surface area contributed by atoms with E-state index in [1.807, 2.05) is 0 Å². The molecule has 0 aromatic rings. The molecule has 0 radical (unpaired) electrons. The van der Waals surface area contributed by atoms with Crippen LogP contribution in [0.4, 0.5) is 0 Å². The molecule has 0 aromatic carbocycles. The van der Waals surface area contributed by atoms with Gasteiger partial charge in [0.1, 0.15) is 0 Å². The molecular formula is C13H24N2O. The molecule has 1 N–H and O–H groups in total. The van der Waals surface area contributed by atoms with Crippen LogP contribution in [0.1, 0.15) is 25.7 Å². The summed E-state index contributed by atoms with van der Waals surface area (Å²) >= 11 is 0. The molecule has 3 saturated heterocycles. The van der Waals surface area contributed by atoms with Gasteiger partial charge in [0.15, 0.2) is 0 Å². The molecule has 3 heteroatoms. The van der Waals surface area contributed by atoms with E-state index in [1.54, 1.807) is 0 Å². The van der Waals surface area contributed by atoms with E-state index in [1.165, 1.54) is 58.4 Å². The number of rotatable bonds is 3. The fourth-order valence-electron chi connectivity index (χ4n) is 3.54. The zero-order valence-corrected chi connectivity index (χ0v) is 10.2. The molecule has 2 atom stereocenters. The fraction of sp³-hybridized carbons (Fsp3) is 1.00. The third-order valence-corrected chi connectivity index (χ3v) is 4.73. The largest absolute Gasteiger partial charge is 0.381 e. The molecule has 1 spiro atoms. The van der Waals surface area contributed by atoms with Crippen molar-refractivity contribution in [1.29, 1.82) is 0 Å². The summed E-state index contributed by atoms with van der Waals surface area (Å²) in [5.74, 6) is 0.846. The highest BCUT2D eigenvalue weighted by molar-refractivity contribution is 4.95. The maximum Gasteiger partial charge on any atom is 0.0495 e. The monoisotopic (exact) mass is 224 g/mol. The van der Waals surface area contributed by atoms with E-state index in [9.17, 15) is 0 Å². The Labute approximate surface area is 98.5 Å². The van der Waals surface area contributed by atoms with E-state index in [-0.39, 0.29) is 0 Å². The third-order valence-electron chi connectivity index (χ3n) is 4.73. The predicted octanol–water partition coefficient (Wildman–Crippen LogP) is 1.10. The van der Waals surface area contributed by atoms with Gasteiger partial charge in [0.25, 0.3) is 0 Å². The first-order chi connectivity index (χ1) is 7.86. The molecule has 3 nitrogen and oxygen atoms in total. The molecule has 3 aliphatic rings. The average molecular weight is 224 g/mol. The van der Waals surface area contributed by atoms with Gasteiger partial charge in [-0.15, -0.1) is 0 Å². The highest BCUT2D eigenvalue weighted by atomic mass is 16.5. The van der Waals surface area contributed by atoms with E-state index in [0.29, 0.717) is 5.41 Å². The standard InChI is InChI=1S/C13H24N2O/c1(12-2-8-16-9-12)6-15-7-4-13(11-15)3-5-14-10-13/h12,14H,1-11H2. The molecule has 0 aliphatic carbocycles. The number of likely N-dealkylation sites (tertiary alicyclic amines) is 1. The Bertz CT molecular complexity index is 232. The zero-order chi connectivity index (χ0) is 10.8. The molecule has 2 unspecified atom stereocenters. The van der Waals surface area contributed by atoms with Gasteiger partial charge in [0.2, 0.25) is 0 Å². The van der Waals surface area contributed by atoms with Crippen LogP contribution in [-0.2, 0) is 4.74 Å². The molecular weight excluding hydrogens is 200 g/mol. The molecule has 0 saturated carbocycles. The van der Waals surface area contributed by atoms with Crippen molar-refractivity contribution in [3.8, 4) is 0 Å². The summed E-state index contributed by atoms with van der Waals surface area (Å²) in [6.07, 6.45) is 5.46. The molecule has 16 heavy (non-hydrogen) atoms. The van der Waals surface area contributed by atoms with Crippen molar-refractivity contribution in [2.45, 2.75) is 25.7 Å². The van der Waals surface area contributed by atoms with Crippen molar-refractivity contribution in [2.75, 3.05) is 45.9 Å². The summed E-state index contributed by atoms with van der Waals surface area (Å²) in [7, 11) is 0. The first kappa shape index (κ1) is 11.0. The van der Waals surface area contributed by atoms with Gasteiger partial charge in [-0.3, -0.25) is 0 Å². The van der Waals surface area contributed by atoms with Crippen molar-refractivity contribution in [3.05, 3.63) is 0 Å².